The van der Waals surface area contributed by atoms with Gasteiger partial charge in [-0.05, 0) is 48.4 Å². The van der Waals surface area contributed by atoms with Gasteiger partial charge in [0.05, 0.1) is 6.10 Å². The van der Waals surface area contributed by atoms with Crippen LogP contribution in [0.5, 0.6) is 0 Å². The van der Waals surface area contributed by atoms with Crippen molar-refractivity contribution in [2.45, 2.75) is 26.0 Å². The highest BCUT2D eigenvalue weighted by Crippen LogP contribution is 2.20. The molecule has 2 aromatic rings. The Hall–Kier alpha value is -1.42. The van der Waals surface area contributed by atoms with Crippen LogP contribution in [0.4, 0.5) is 0 Å². The van der Waals surface area contributed by atoms with Crippen LogP contribution in [0.1, 0.15) is 30.6 Å². The highest BCUT2D eigenvalue weighted by molar-refractivity contribution is 6.30. The number of benzene rings is 1. The molecule has 0 fully saturated rings. The van der Waals surface area contributed by atoms with E-state index in [9.17, 15) is 5.11 Å². The molecule has 0 aliphatic carbocycles. The van der Waals surface area contributed by atoms with E-state index in [1.165, 1.54) is 5.56 Å². The van der Waals surface area contributed by atoms with Crippen molar-refractivity contribution in [3.8, 4) is 0 Å². The SMILES string of the molecule is CCN(CCC(O)c1cccc(Cl)c1)Cc1ccncc1. The molecule has 0 radical (unpaired) electrons. The van der Waals surface area contributed by atoms with E-state index in [0.29, 0.717) is 11.4 Å². The van der Waals surface area contributed by atoms with E-state index in [0.717, 1.165) is 25.2 Å². The second-order valence-electron chi connectivity index (χ2n) is 5.08. The third-order valence-corrected chi connectivity index (χ3v) is 3.79. The Balaban J connectivity index is 1.88. The van der Waals surface area contributed by atoms with Gasteiger partial charge in [-0.1, -0.05) is 30.7 Å². The Labute approximate surface area is 131 Å². The monoisotopic (exact) mass is 304 g/mol. The summed E-state index contributed by atoms with van der Waals surface area (Å²) < 4.78 is 0. The summed E-state index contributed by atoms with van der Waals surface area (Å²) in [5, 5.41) is 10.9. The molecule has 0 saturated heterocycles. The number of rotatable bonds is 7. The highest BCUT2D eigenvalue weighted by atomic mass is 35.5. The van der Waals surface area contributed by atoms with Crippen molar-refractivity contribution < 1.29 is 5.11 Å². The van der Waals surface area contributed by atoms with Crippen molar-refractivity contribution in [1.82, 2.24) is 9.88 Å². The fourth-order valence-electron chi connectivity index (χ4n) is 2.28. The summed E-state index contributed by atoms with van der Waals surface area (Å²) in [6.45, 7) is 4.80. The van der Waals surface area contributed by atoms with Gasteiger partial charge in [-0.25, -0.2) is 0 Å². The van der Waals surface area contributed by atoms with Crippen LogP contribution >= 0.6 is 11.6 Å². The molecule has 2 rings (SSSR count). The van der Waals surface area contributed by atoms with Gasteiger partial charge in [0.2, 0.25) is 0 Å². The van der Waals surface area contributed by atoms with Crippen molar-refractivity contribution in [2.24, 2.45) is 0 Å². The molecule has 0 bridgehead atoms. The number of aromatic nitrogens is 1. The third-order valence-electron chi connectivity index (χ3n) is 3.55. The Morgan fingerprint density at radius 1 is 1.24 bits per heavy atom. The molecule has 1 N–H and O–H groups in total. The van der Waals surface area contributed by atoms with Gasteiger partial charge in [0, 0.05) is 30.5 Å². The maximum Gasteiger partial charge on any atom is 0.0802 e. The third kappa shape index (κ3) is 5.12. The first-order valence-corrected chi connectivity index (χ1v) is 7.61. The predicted octanol–water partition coefficient (Wildman–Crippen LogP) is 3.68. The Morgan fingerprint density at radius 2 is 2.00 bits per heavy atom. The largest absolute Gasteiger partial charge is 0.388 e. The first-order chi connectivity index (χ1) is 10.2. The van der Waals surface area contributed by atoms with E-state index in [1.54, 1.807) is 0 Å². The second kappa shape index (κ2) is 8.13. The van der Waals surface area contributed by atoms with Crippen LogP contribution in [0.3, 0.4) is 0 Å². The number of aliphatic hydroxyl groups excluding tert-OH is 1. The van der Waals surface area contributed by atoms with Crippen LogP contribution in [-0.2, 0) is 6.54 Å². The average molecular weight is 305 g/mol. The molecular formula is C17H21ClN2O. The van der Waals surface area contributed by atoms with Crippen molar-refractivity contribution in [3.05, 3.63) is 64.9 Å². The Kier molecular flexibility index (Phi) is 6.18. The van der Waals surface area contributed by atoms with E-state index < -0.39 is 6.10 Å². The van der Waals surface area contributed by atoms with Gasteiger partial charge in [0.1, 0.15) is 0 Å². The molecule has 3 nitrogen and oxygen atoms in total. The lowest BCUT2D eigenvalue weighted by Crippen LogP contribution is -2.25. The van der Waals surface area contributed by atoms with E-state index >= 15 is 0 Å². The standard InChI is InChI=1S/C17H21ClN2O/c1-2-20(13-14-6-9-19-10-7-14)11-8-17(21)15-4-3-5-16(18)12-15/h3-7,9-10,12,17,21H,2,8,11,13H2,1H3. The van der Waals surface area contributed by atoms with E-state index in [4.69, 9.17) is 11.6 Å². The summed E-state index contributed by atoms with van der Waals surface area (Å²) in [7, 11) is 0. The smallest absolute Gasteiger partial charge is 0.0802 e. The zero-order valence-electron chi connectivity index (χ0n) is 12.2. The highest BCUT2D eigenvalue weighted by Gasteiger charge is 2.11. The lowest BCUT2D eigenvalue weighted by atomic mass is 10.1. The molecule has 112 valence electrons. The number of halogens is 1. The minimum absolute atomic E-state index is 0.477. The van der Waals surface area contributed by atoms with Crippen molar-refractivity contribution >= 4 is 11.6 Å². The molecule has 0 spiro atoms. The number of hydrogen-bond acceptors (Lipinski definition) is 3. The van der Waals surface area contributed by atoms with Crippen molar-refractivity contribution in [1.29, 1.82) is 0 Å². The summed E-state index contributed by atoms with van der Waals surface area (Å²) in [6, 6.07) is 11.5. The Morgan fingerprint density at radius 3 is 2.67 bits per heavy atom. The zero-order valence-corrected chi connectivity index (χ0v) is 13.0. The van der Waals surface area contributed by atoms with Gasteiger partial charge in [-0.3, -0.25) is 9.88 Å². The van der Waals surface area contributed by atoms with Gasteiger partial charge in [0.15, 0.2) is 0 Å². The summed E-state index contributed by atoms with van der Waals surface area (Å²) in [5.74, 6) is 0. The maximum atomic E-state index is 10.3. The van der Waals surface area contributed by atoms with Crippen molar-refractivity contribution in [2.75, 3.05) is 13.1 Å². The first kappa shape index (κ1) is 16.0. The molecule has 0 aliphatic heterocycles. The fraction of sp³-hybridized carbons (Fsp3) is 0.353. The normalized spacial score (nSPS) is 12.6. The summed E-state index contributed by atoms with van der Waals surface area (Å²) >= 11 is 5.96. The van der Waals surface area contributed by atoms with Gasteiger partial charge < -0.3 is 5.11 Å². The minimum Gasteiger partial charge on any atom is -0.388 e. The number of hydrogen-bond donors (Lipinski definition) is 1. The molecule has 1 unspecified atom stereocenters. The number of aliphatic hydroxyl groups is 1. The van der Waals surface area contributed by atoms with Crippen LogP contribution in [0.2, 0.25) is 5.02 Å². The summed E-state index contributed by atoms with van der Waals surface area (Å²) in [4.78, 5) is 6.34. The lowest BCUT2D eigenvalue weighted by molar-refractivity contribution is 0.141. The van der Waals surface area contributed by atoms with Crippen molar-refractivity contribution in [3.63, 3.8) is 0 Å². The van der Waals surface area contributed by atoms with Gasteiger partial charge in [0.25, 0.3) is 0 Å². The predicted molar refractivity (Wildman–Crippen MR) is 86.2 cm³/mol. The molecule has 1 atom stereocenters. The second-order valence-corrected chi connectivity index (χ2v) is 5.52. The van der Waals surface area contributed by atoms with Crippen LogP contribution in [0, 0.1) is 0 Å². The number of nitrogens with zero attached hydrogens (tertiary/aromatic N) is 2. The molecule has 0 aliphatic rings. The van der Waals surface area contributed by atoms with Gasteiger partial charge >= 0.3 is 0 Å². The fourth-order valence-corrected chi connectivity index (χ4v) is 2.48. The topological polar surface area (TPSA) is 36.4 Å². The molecule has 1 aromatic carbocycles. The van der Waals surface area contributed by atoms with E-state index in [2.05, 4.69) is 16.8 Å². The van der Waals surface area contributed by atoms with Crippen LogP contribution in [0.15, 0.2) is 48.8 Å². The van der Waals surface area contributed by atoms with Gasteiger partial charge in [-0.15, -0.1) is 0 Å². The molecule has 1 heterocycles. The molecule has 4 heteroatoms. The zero-order chi connectivity index (χ0) is 15.1. The van der Waals surface area contributed by atoms with Crippen LogP contribution < -0.4 is 0 Å². The molecular weight excluding hydrogens is 284 g/mol. The Bertz CT molecular complexity index is 547. The lowest BCUT2D eigenvalue weighted by Gasteiger charge is -2.22. The maximum absolute atomic E-state index is 10.3. The van der Waals surface area contributed by atoms with E-state index in [-0.39, 0.29) is 0 Å². The minimum atomic E-state index is -0.477. The van der Waals surface area contributed by atoms with Crippen LogP contribution in [0.25, 0.3) is 0 Å². The first-order valence-electron chi connectivity index (χ1n) is 7.24. The average Bonchev–Trinajstić information content (AvgIpc) is 2.52. The number of pyridine rings is 1. The molecule has 0 amide bonds. The molecule has 0 saturated carbocycles. The quantitative estimate of drug-likeness (QED) is 0.847. The van der Waals surface area contributed by atoms with Crippen LogP contribution in [-0.4, -0.2) is 28.1 Å². The molecule has 1 aromatic heterocycles. The summed E-state index contributed by atoms with van der Waals surface area (Å²) in [5.41, 5.74) is 2.12. The van der Waals surface area contributed by atoms with E-state index in [1.807, 2.05) is 48.8 Å². The molecule has 21 heavy (non-hydrogen) atoms. The van der Waals surface area contributed by atoms with Gasteiger partial charge in [-0.2, -0.15) is 0 Å². The summed E-state index contributed by atoms with van der Waals surface area (Å²) in [6.07, 6.45) is 3.84.